The molecule has 0 fully saturated rings. The normalized spacial score (nSPS) is 11.8. The first kappa shape index (κ1) is 13.3. The summed E-state index contributed by atoms with van der Waals surface area (Å²) < 4.78 is 14.9. The summed E-state index contributed by atoms with van der Waals surface area (Å²) in [6.45, 7) is 0. The number of ether oxygens (including phenoxy) is 3. The van der Waals surface area contributed by atoms with E-state index in [1.807, 2.05) is 0 Å². The Bertz CT molecular complexity index is 392. The van der Waals surface area contributed by atoms with Crippen molar-refractivity contribution < 1.29 is 19.0 Å². The van der Waals surface area contributed by atoms with Gasteiger partial charge in [0.25, 0.3) is 0 Å². The van der Waals surface area contributed by atoms with Crippen molar-refractivity contribution in [1.82, 2.24) is 0 Å². The van der Waals surface area contributed by atoms with E-state index in [9.17, 15) is 4.79 Å². The molecule has 0 aromatic heterocycles. The lowest BCUT2D eigenvalue weighted by atomic mass is 10.0. The van der Waals surface area contributed by atoms with Gasteiger partial charge in [-0.25, -0.2) is 0 Å². The minimum absolute atomic E-state index is 0.0972. The highest BCUT2D eigenvalue weighted by atomic mass is 16.5. The molecule has 5 heteroatoms. The third-order valence-corrected chi connectivity index (χ3v) is 2.45. The molecule has 1 atom stereocenters. The number of hydrogen-bond donors (Lipinski definition) is 1. The Balaban J connectivity index is 2.96. The summed E-state index contributed by atoms with van der Waals surface area (Å²) in [5, 5.41) is 0. The zero-order chi connectivity index (χ0) is 12.8. The Morgan fingerprint density at radius 2 is 2.00 bits per heavy atom. The predicted molar refractivity (Wildman–Crippen MR) is 63.1 cm³/mol. The molecular formula is C12H17NO4. The Hall–Kier alpha value is -1.75. The van der Waals surface area contributed by atoms with Crippen LogP contribution in [0.25, 0.3) is 0 Å². The maximum Gasteiger partial charge on any atom is 0.307 e. The molecule has 0 spiro atoms. The van der Waals surface area contributed by atoms with Gasteiger partial charge in [0.1, 0.15) is 11.5 Å². The van der Waals surface area contributed by atoms with Crippen LogP contribution in [0.2, 0.25) is 0 Å². The average molecular weight is 239 g/mol. The lowest BCUT2D eigenvalue weighted by Gasteiger charge is -2.15. The molecule has 94 valence electrons. The molecule has 0 heterocycles. The van der Waals surface area contributed by atoms with E-state index in [0.29, 0.717) is 11.5 Å². The highest BCUT2D eigenvalue weighted by Crippen LogP contribution is 2.29. The fourth-order valence-electron chi connectivity index (χ4n) is 1.50. The fraction of sp³-hybridized carbons (Fsp3) is 0.417. The van der Waals surface area contributed by atoms with E-state index in [2.05, 4.69) is 4.74 Å². The fourth-order valence-corrected chi connectivity index (χ4v) is 1.50. The van der Waals surface area contributed by atoms with E-state index in [1.165, 1.54) is 7.11 Å². The maximum atomic E-state index is 11.2. The smallest absolute Gasteiger partial charge is 0.307 e. The van der Waals surface area contributed by atoms with Crippen LogP contribution < -0.4 is 15.2 Å². The van der Waals surface area contributed by atoms with Crippen molar-refractivity contribution >= 4 is 5.97 Å². The summed E-state index contributed by atoms with van der Waals surface area (Å²) in [6, 6.07) is 4.80. The van der Waals surface area contributed by atoms with Gasteiger partial charge in [-0.2, -0.15) is 0 Å². The van der Waals surface area contributed by atoms with Gasteiger partial charge < -0.3 is 19.9 Å². The van der Waals surface area contributed by atoms with Gasteiger partial charge >= 0.3 is 5.97 Å². The third-order valence-electron chi connectivity index (χ3n) is 2.45. The molecule has 1 rings (SSSR count). The van der Waals surface area contributed by atoms with Crippen LogP contribution in [0.15, 0.2) is 18.2 Å². The van der Waals surface area contributed by atoms with Crippen molar-refractivity contribution in [2.45, 2.75) is 12.5 Å². The number of carbonyl (C=O) groups excluding carboxylic acids is 1. The summed E-state index contributed by atoms with van der Waals surface area (Å²) in [6.07, 6.45) is 0.0972. The van der Waals surface area contributed by atoms with Gasteiger partial charge in [0, 0.05) is 11.6 Å². The van der Waals surface area contributed by atoms with Crippen molar-refractivity contribution in [3.8, 4) is 11.5 Å². The molecule has 5 nitrogen and oxygen atoms in total. The number of hydrogen-bond acceptors (Lipinski definition) is 5. The number of nitrogens with two attached hydrogens (primary N) is 1. The molecule has 0 saturated carbocycles. The van der Waals surface area contributed by atoms with Crippen LogP contribution >= 0.6 is 0 Å². The Morgan fingerprint density at radius 1 is 1.29 bits per heavy atom. The van der Waals surface area contributed by atoms with E-state index in [-0.39, 0.29) is 12.4 Å². The lowest BCUT2D eigenvalue weighted by molar-refractivity contribution is -0.141. The molecule has 2 N–H and O–H groups in total. The van der Waals surface area contributed by atoms with Crippen molar-refractivity contribution in [3.05, 3.63) is 23.8 Å². The van der Waals surface area contributed by atoms with E-state index >= 15 is 0 Å². The molecule has 0 unspecified atom stereocenters. The highest BCUT2D eigenvalue weighted by molar-refractivity contribution is 5.70. The summed E-state index contributed by atoms with van der Waals surface area (Å²) >= 11 is 0. The molecule has 0 aliphatic rings. The van der Waals surface area contributed by atoms with Crippen molar-refractivity contribution in [3.63, 3.8) is 0 Å². The molecule has 17 heavy (non-hydrogen) atoms. The molecule has 0 aliphatic carbocycles. The number of rotatable bonds is 5. The second kappa shape index (κ2) is 6.10. The number of carbonyl (C=O) groups is 1. The Morgan fingerprint density at radius 3 is 2.53 bits per heavy atom. The first-order valence-electron chi connectivity index (χ1n) is 5.16. The number of esters is 1. The Kier molecular flexibility index (Phi) is 4.78. The molecule has 0 amide bonds. The Labute approximate surface area is 100 Å². The van der Waals surface area contributed by atoms with E-state index in [1.54, 1.807) is 32.4 Å². The topological polar surface area (TPSA) is 70.8 Å². The summed E-state index contributed by atoms with van der Waals surface area (Å²) in [4.78, 5) is 11.2. The summed E-state index contributed by atoms with van der Waals surface area (Å²) in [5.41, 5.74) is 6.65. The molecule has 0 radical (unpaired) electrons. The predicted octanol–water partition coefficient (Wildman–Crippen LogP) is 1.27. The minimum atomic E-state index is -0.479. The van der Waals surface area contributed by atoms with Gasteiger partial charge in [-0.05, 0) is 18.2 Å². The first-order valence-corrected chi connectivity index (χ1v) is 5.16. The van der Waals surface area contributed by atoms with E-state index in [0.717, 1.165) is 5.56 Å². The second-order valence-corrected chi connectivity index (χ2v) is 3.49. The maximum absolute atomic E-state index is 11.2. The molecular weight excluding hydrogens is 222 g/mol. The zero-order valence-corrected chi connectivity index (χ0v) is 10.2. The number of benzene rings is 1. The molecule has 0 bridgehead atoms. The zero-order valence-electron chi connectivity index (χ0n) is 10.2. The van der Waals surface area contributed by atoms with Gasteiger partial charge in [0.05, 0.1) is 27.8 Å². The minimum Gasteiger partial charge on any atom is -0.497 e. The van der Waals surface area contributed by atoms with Crippen LogP contribution in [-0.4, -0.2) is 27.3 Å². The van der Waals surface area contributed by atoms with E-state index in [4.69, 9.17) is 15.2 Å². The van der Waals surface area contributed by atoms with Crippen LogP contribution in [0, 0.1) is 0 Å². The van der Waals surface area contributed by atoms with Crippen LogP contribution in [0.3, 0.4) is 0 Å². The average Bonchev–Trinajstić information content (AvgIpc) is 2.37. The lowest BCUT2D eigenvalue weighted by Crippen LogP contribution is -2.17. The molecule has 1 aromatic carbocycles. The van der Waals surface area contributed by atoms with Gasteiger partial charge in [0.15, 0.2) is 0 Å². The number of methoxy groups -OCH3 is 3. The summed E-state index contributed by atoms with van der Waals surface area (Å²) in [5.74, 6) is 0.936. The standard InChI is InChI=1S/C12H17NO4/c1-15-8-4-5-11(16-2)9(6-8)10(13)7-12(14)17-3/h4-6,10H,7,13H2,1-3H3/t10-/m0/s1. The molecule has 0 aliphatic heterocycles. The van der Waals surface area contributed by atoms with Gasteiger partial charge in [-0.1, -0.05) is 0 Å². The van der Waals surface area contributed by atoms with E-state index < -0.39 is 6.04 Å². The van der Waals surface area contributed by atoms with Crippen LogP contribution in [0.5, 0.6) is 11.5 Å². The van der Waals surface area contributed by atoms with Crippen molar-refractivity contribution in [1.29, 1.82) is 0 Å². The van der Waals surface area contributed by atoms with Crippen LogP contribution in [0.4, 0.5) is 0 Å². The van der Waals surface area contributed by atoms with Crippen molar-refractivity contribution in [2.75, 3.05) is 21.3 Å². The summed E-state index contributed by atoms with van der Waals surface area (Å²) in [7, 11) is 4.45. The van der Waals surface area contributed by atoms with Gasteiger partial charge in [-0.15, -0.1) is 0 Å². The van der Waals surface area contributed by atoms with Crippen molar-refractivity contribution in [2.24, 2.45) is 5.73 Å². The van der Waals surface area contributed by atoms with Gasteiger partial charge in [0.2, 0.25) is 0 Å². The third kappa shape index (κ3) is 3.35. The quantitative estimate of drug-likeness (QED) is 0.783. The highest BCUT2D eigenvalue weighted by Gasteiger charge is 2.17. The largest absolute Gasteiger partial charge is 0.497 e. The first-order chi connectivity index (χ1) is 8.12. The van der Waals surface area contributed by atoms with Gasteiger partial charge in [-0.3, -0.25) is 4.79 Å². The SMILES string of the molecule is COC(=O)C[C@H](N)c1cc(OC)ccc1OC. The second-order valence-electron chi connectivity index (χ2n) is 3.49. The van der Waals surface area contributed by atoms with Crippen LogP contribution in [-0.2, 0) is 9.53 Å². The molecule has 0 saturated heterocycles. The van der Waals surface area contributed by atoms with Crippen LogP contribution in [0.1, 0.15) is 18.0 Å². The molecule has 1 aromatic rings. The monoisotopic (exact) mass is 239 g/mol.